The van der Waals surface area contributed by atoms with Crippen molar-refractivity contribution in [1.29, 1.82) is 0 Å². The van der Waals surface area contributed by atoms with Gasteiger partial charge in [-0.25, -0.2) is 0 Å². The number of aliphatic hydroxyl groups excluding tert-OH is 1. The zero-order valence-electron chi connectivity index (χ0n) is 7.32. The molecule has 0 bridgehead atoms. The molecule has 2 fully saturated rings. The Labute approximate surface area is 71.4 Å². The van der Waals surface area contributed by atoms with Crippen LogP contribution in [-0.2, 0) is 14.2 Å². The lowest BCUT2D eigenvalue weighted by atomic mass is 10.1. The molecule has 0 aliphatic carbocycles. The number of hydrogen-bond acceptors (Lipinski definition) is 4. The smallest absolute Gasteiger partial charge is 0.187 e. The molecule has 1 N–H and O–H groups in total. The molecule has 70 valence electrons. The fraction of sp³-hybridized carbons (Fsp3) is 1.00. The van der Waals surface area contributed by atoms with Gasteiger partial charge in [-0.2, -0.15) is 0 Å². The van der Waals surface area contributed by atoms with Crippen LogP contribution in [-0.4, -0.2) is 36.0 Å². The summed E-state index contributed by atoms with van der Waals surface area (Å²) in [5, 5.41) is 9.27. The van der Waals surface area contributed by atoms with Gasteiger partial charge >= 0.3 is 0 Å². The Morgan fingerprint density at radius 1 is 1.33 bits per heavy atom. The van der Waals surface area contributed by atoms with Crippen molar-refractivity contribution in [2.24, 2.45) is 0 Å². The summed E-state index contributed by atoms with van der Waals surface area (Å²) < 4.78 is 16.2. The SMILES string of the molecule is CC1(C)O[C@@H]2OC[C@@H](O)C[C@H]2O1. The van der Waals surface area contributed by atoms with Gasteiger partial charge < -0.3 is 19.3 Å². The van der Waals surface area contributed by atoms with Crippen LogP contribution in [0.1, 0.15) is 20.3 Å². The number of hydrogen-bond donors (Lipinski definition) is 1. The minimum atomic E-state index is -0.570. The van der Waals surface area contributed by atoms with E-state index in [0.29, 0.717) is 13.0 Å². The van der Waals surface area contributed by atoms with E-state index in [4.69, 9.17) is 14.2 Å². The van der Waals surface area contributed by atoms with Gasteiger partial charge in [0.25, 0.3) is 0 Å². The zero-order valence-corrected chi connectivity index (χ0v) is 7.32. The molecule has 4 heteroatoms. The molecule has 0 saturated carbocycles. The third-order valence-electron chi connectivity index (χ3n) is 2.10. The van der Waals surface area contributed by atoms with Crippen LogP contribution in [0.5, 0.6) is 0 Å². The Morgan fingerprint density at radius 2 is 2.08 bits per heavy atom. The first-order valence-corrected chi connectivity index (χ1v) is 4.22. The third kappa shape index (κ3) is 1.47. The van der Waals surface area contributed by atoms with E-state index in [-0.39, 0.29) is 12.4 Å². The summed E-state index contributed by atoms with van der Waals surface area (Å²) >= 11 is 0. The molecule has 0 spiro atoms. The van der Waals surface area contributed by atoms with Crippen LogP contribution in [0.2, 0.25) is 0 Å². The van der Waals surface area contributed by atoms with Crippen molar-refractivity contribution in [3.05, 3.63) is 0 Å². The predicted octanol–water partition coefficient (Wildman–Crippen LogP) is 0.245. The molecule has 3 atom stereocenters. The summed E-state index contributed by atoms with van der Waals surface area (Å²) in [7, 11) is 0. The van der Waals surface area contributed by atoms with Gasteiger partial charge in [-0.1, -0.05) is 0 Å². The minimum absolute atomic E-state index is 0.108. The maximum atomic E-state index is 9.27. The third-order valence-corrected chi connectivity index (χ3v) is 2.10. The van der Waals surface area contributed by atoms with Gasteiger partial charge in [0.2, 0.25) is 0 Å². The summed E-state index contributed by atoms with van der Waals surface area (Å²) in [5.74, 6) is -0.570. The number of ether oxygens (including phenoxy) is 3. The maximum Gasteiger partial charge on any atom is 0.187 e. The van der Waals surface area contributed by atoms with Gasteiger partial charge in [-0.15, -0.1) is 0 Å². The average molecular weight is 174 g/mol. The predicted molar refractivity (Wildman–Crippen MR) is 40.4 cm³/mol. The van der Waals surface area contributed by atoms with Crippen LogP contribution in [0.3, 0.4) is 0 Å². The molecule has 0 amide bonds. The average Bonchev–Trinajstić information content (AvgIpc) is 2.21. The van der Waals surface area contributed by atoms with Crippen LogP contribution < -0.4 is 0 Å². The zero-order chi connectivity index (χ0) is 8.77. The van der Waals surface area contributed by atoms with Crippen LogP contribution in [0.15, 0.2) is 0 Å². The normalized spacial score (nSPS) is 45.8. The van der Waals surface area contributed by atoms with E-state index in [1.54, 1.807) is 0 Å². The summed E-state index contributed by atoms with van der Waals surface area (Å²) in [4.78, 5) is 0. The van der Waals surface area contributed by atoms with E-state index in [2.05, 4.69) is 0 Å². The molecule has 4 nitrogen and oxygen atoms in total. The fourth-order valence-corrected chi connectivity index (χ4v) is 1.65. The molecule has 0 aromatic rings. The molecule has 2 aliphatic rings. The van der Waals surface area contributed by atoms with Crippen molar-refractivity contribution in [1.82, 2.24) is 0 Å². The van der Waals surface area contributed by atoms with E-state index in [0.717, 1.165) is 0 Å². The lowest BCUT2D eigenvalue weighted by Crippen LogP contribution is -2.38. The van der Waals surface area contributed by atoms with Gasteiger partial charge in [-0.3, -0.25) is 0 Å². The van der Waals surface area contributed by atoms with Crippen LogP contribution >= 0.6 is 0 Å². The largest absolute Gasteiger partial charge is 0.391 e. The number of aliphatic hydroxyl groups is 1. The Morgan fingerprint density at radius 3 is 2.83 bits per heavy atom. The maximum absolute atomic E-state index is 9.27. The first-order chi connectivity index (χ1) is 5.57. The molecule has 0 radical (unpaired) electrons. The molecule has 2 rings (SSSR count). The van der Waals surface area contributed by atoms with Gasteiger partial charge in [0.05, 0.1) is 12.7 Å². The lowest BCUT2D eigenvalue weighted by molar-refractivity contribution is -0.200. The van der Waals surface area contributed by atoms with Crippen molar-refractivity contribution in [3.8, 4) is 0 Å². The Hall–Kier alpha value is -0.160. The number of rotatable bonds is 0. The molecule has 0 aromatic carbocycles. The molecular weight excluding hydrogens is 160 g/mol. The minimum Gasteiger partial charge on any atom is -0.391 e. The first-order valence-electron chi connectivity index (χ1n) is 4.22. The van der Waals surface area contributed by atoms with Gasteiger partial charge in [0.15, 0.2) is 12.1 Å². The Kier molecular flexibility index (Phi) is 1.88. The van der Waals surface area contributed by atoms with Crippen LogP contribution in [0.25, 0.3) is 0 Å². The van der Waals surface area contributed by atoms with Gasteiger partial charge in [0.1, 0.15) is 6.10 Å². The second-order valence-electron chi connectivity index (χ2n) is 3.77. The van der Waals surface area contributed by atoms with E-state index in [1.165, 1.54) is 0 Å². The van der Waals surface area contributed by atoms with Crippen molar-refractivity contribution in [3.63, 3.8) is 0 Å². The van der Waals surface area contributed by atoms with Gasteiger partial charge in [0, 0.05) is 6.42 Å². The highest BCUT2D eigenvalue weighted by molar-refractivity contribution is 4.81. The van der Waals surface area contributed by atoms with E-state index < -0.39 is 11.9 Å². The van der Waals surface area contributed by atoms with E-state index in [1.807, 2.05) is 13.8 Å². The Bertz CT molecular complexity index is 180. The van der Waals surface area contributed by atoms with E-state index >= 15 is 0 Å². The van der Waals surface area contributed by atoms with Crippen LogP contribution in [0.4, 0.5) is 0 Å². The molecule has 12 heavy (non-hydrogen) atoms. The van der Waals surface area contributed by atoms with Crippen molar-refractivity contribution < 1.29 is 19.3 Å². The summed E-state index contributed by atoms with van der Waals surface area (Å²) in [6.07, 6.45) is -0.204. The molecule has 2 aliphatic heterocycles. The summed E-state index contributed by atoms with van der Waals surface area (Å²) in [5.41, 5.74) is 0. The molecule has 0 unspecified atom stereocenters. The standard InChI is InChI=1S/C8H14O4/c1-8(2)11-6-3-5(9)4-10-7(6)12-8/h5-7,9H,3-4H2,1-2H3/t5-,6+,7-/m0/s1. The van der Waals surface area contributed by atoms with Crippen molar-refractivity contribution >= 4 is 0 Å². The van der Waals surface area contributed by atoms with E-state index in [9.17, 15) is 5.11 Å². The highest BCUT2D eigenvalue weighted by Crippen LogP contribution is 2.33. The molecule has 2 saturated heterocycles. The van der Waals surface area contributed by atoms with Crippen LogP contribution in [0, 0.1) is 0 Å². The fourth-order valence-electron chi connectivity index (χ4n) is 1.65. The van der Waals surface area contributed by atoms with Crippen molar-refractivity contribution in [2.75, 3.05) is 6.61 Å². The monoisotopic (exact) mass is 174 g/mol. The molecular formula is C8H14O4. The topological polar surface area (TPSA) is 47.9 Å². The first kappa shape index (κ1) is 8.44. The lowest BCUT2D eigenvalue weighted by Gasteiger charge is -2.26. The van der Waals surface area contributed by atoms with Crippen molar-refractivity contribution in [2.45, 2.75) is 44.6 Å². The number of fused-ring (bicyclic) bond motifs is 1. The molecule has 2 heterocycles. The summed E-state index contributed by atoms with van der Waals surface area (Å²) in [6, 6.07) is 0. The quantitative estimate of drug-likeness (QED) is 0.571. The highest BCUT2D eigenvalue weighted by Gasteiger charge is 2.45. The summed E-state index contributed by atoms with van der Waals surface area (Å²) in [6.45, 7) is 4.04. The second-order valence-corrected chi connectivity index (χ2v) is 3.77. The second kappa shape index (κ2) is 2.67. The van der Waals surface area contributed by atoms with Gasteiger partial charge in [-0.05, 0) is 13.8 Å². The molecule has 0 aromatic heterocycles. The Balaban J connectivity index is 2.02. The highest BCUT2D eigenvalue weighted by atomic mass is 16.8.